The van der Waals surface area contributed by atoms with E-state index in [0.717, 1.165) is 12.8 Å². The maximum Gasteiger partial charge on any atom is 0.328 e. The number of aliphatic carboxylic acids is 1. The highest BCUT2D eigenvalue weighted by atomic mass is 16.4. The van der Waals surface area contributed by atoms with Crippen molar-refractivity contribution in [3.05, 3.63) is 0 Å². The van der Waals surface area contributed by atoms with Crippen LogP contribution in [0.25, 0.3) is 0 Å². The molecular weight excluding hydrogens is 326 g/mol. The van der Waals surface area contributed by atoms with Crippen LogP contribution < -0.4 is 11.5 Å². The summed E-state index contributed by atoms with van der Waals surface area (Å²) in [6.07, 6.45) is 21.5. The summed E-state index contributed by atoms with van der Waals surface area (Å²) in [5, 5.41) is 9.03. The molecule has 0 saturated heterocycles. The first-order valence-corrected chi connectivity index (χ1v) is 10.9. The molecule has 1 atom stereocenters. The first-order valence-electron chi connectivity index (χ1n) is 10.9. The number of carboxylic acid groups (broad SMARTS) is 1. The summed E-state index contributed by atoms with van der Waals surface area (Å²) in [4.78, 5) is 14.8. The molecule has 0 aliphatic carbocycles. The zero-order chi connectivity index (χ0) is 19.5. The highest BCUT2D eigenvalue weighted by Crippen LogP contribution is 2.14. The van der Waals surface area contributed by atoms with Crippen molar-refractivity contribution >= 4 is 11.9 Å². The van der Waals surface area contributed by atoms with Gasteiger partial charge in [0.25, 0.3) is 0 Å². The molecule has 154 valence electrons. The number of hydrogen-bond donors (Lipinski definition) is 3. The van der Waals surface area contributed by atoms with Gasteiger partial charge in [0.1, 0.15) is 0 Å². The molecule has 0 aliphatic rings. The normalized spacial score (nSPS) is 12.0. The summed E-state index contributed by atoms with van der Waals surface area (Å²) >= 11 is 0. The van der Waals surface area contributed by atoms with Crippen LogP contribution in [-0.4, -0.2) is 23.1 Å². The van der Waals surface area contributed by atoms with Gasteiger partial charge in [-0.3, -0.25) is 0 Å². The number of guanidine groups is 1. The minimum Gasteiger partial charge on any atom is -0.480 e. The van der Waals surface area contributed by atoms with E-state index in [9.17, 15) is 4.79 Å². The molecule has 26 heavy (non-hydrogen) atoms. The molecule has 0 saturated carbocycles. The van der Waals surface area contributed by atoms with Crippen LogP contribution in [0.3, 0.4) is 0 Å². The van der Waals surface area contributed by atoms with Crippen LogP contribution in [0.5, 0.6) is 0 Å². The van der Waals surface area contributed by atoms with Crippen LogP contribution in [0.2, 0.25) is 0 Å². The number of aliphatic imine (C=N–C) groups is 1. The van der Waals surface area contributed by atoms with Gasteiger partial charge in [-0.1, -0.05) is 110 Å². The maximum absolute atomic E-state index is 11.0. The molecular formula is C21H43N3O2. The van der Waals surface area contributed by atoms with Crippen LogP contribution in [0.4, 0.5) is 0 Å². The van der Waals surface area contributed by atoms with Gasteiger partial charge in [-0.05, 0) is 6.42 Å². The van der Waals surface area contributed by atoms with E-state index in [0.29, 0.717) is 6.42 Å². The summed E-state index contributed by atoms with van der Waals surface area (Å²) in [5.74, 6) is -1.09. The third kappa shape index (κ3) is 17.6. The van der Waals surface area contributed by atoms with Crippen molar-refractivity contribution in [2.75, 3.05) is 0 Å². The molecule has 1 unspecified atom stereocenters. The molecule has 0 amide bonds. The van der Waals surface area contributed by atoms with Crippen molar-refractivity contribution in [2.24, 2.45) is 16.5 Å². The van der Waals surface area contributed by atoms with E-state index < -0.39 is 12.0 Å². The van der Waals surface area contributed by atoms with E-state index in [1.165, 1.54) is 89.9 Å². The van der Waals surface area contributed by atoms with Crippen molar-refractivity contribution < 1.29 is 9.90 Å². The van der Waals surface area contributed by atoms with E-state index in [1.807, 2.05) is 0 Å². The number of nitrogens with zero attached hydrogens (tertiary/aromatic N) is 1. The fourth-order valence-electron chi connectivity index (χ4n) is 3.31. The highest BCUT2D eigenvalue weighted by Gasteiger charge is 2.15. The maximum atomic E-state index is 11.0. The predicted octanol–water partition coefficient (Wildman–Crippen LogP) is 5.36. The van der Waals surface area contributed by atoms with Gasteiger partial charge in [-0.2, -0.15) is 0 Å². The Bertz CT molecular complexity index is 355. The molecule has 5 nitrogen and oxygen atoms in total. The Hall–Kier alpha value is -1.26. The largest absolute Gasteiger partial charge is 0.480 e. The molecule has 0 aliphatic heterocycles. The Balaban J connectivity index is 3.29. The van der Waals surface area contributed by atoms with Gasteiger partial charge in [-0.15, -0.1) is 0 Å². The van der Waals surface area contributed by atoms with Crippen molar-refractivity contribution in [3.63, 3.8) is 0 Å². The second-order valence-electron chi connectivity index (χ2n) is 7.50. The predicted molar refractivity (Wildman–Crippen MR) is 111 cm³/mol. The average Bonchev–Trinajstić information content (AvgIpc) is 2.59. The van der Waals surface area contributed by atoms with Gasteiger partial charge in [0.2, 0.25) is 0 Å². The van der Waals surface area contributed by atoms with E-state index >= 15 is 0 Å². The van der Waals surface area contributed by atoms with Gasteiger partial charge in [0.15, 0.2) is 12.0 Å². The number of rotatable bonds is 19. The number of hydrogen-bond acceptors (Lipinski definition) is 2. The van der Waals surface area contributed by atoms with E-state index in [1.54, 1.807) is 0 Å². The molecule has 5 N–H and O–H groups in total. The minimum absolute atomic E-state index is 0.145. The second-order valence-corrected chi connectivity index (χ2v) is 7.50. The molecule has 5 heteroatoms. The number of nitrogens with two attached hydrogens (primary N) is 2. The summed E-state index contributed by atoms with van der Waals surface area (Å²) < 4.78 is 0. The van der Waals surface area contributed by atoms with Crippen molar-refractivity contribution in [2.45, 2.75) is 122 Å². The van der Waals surface area contributed by atoms with Crippen molar-refractivity contribution in [1.82, 2.24) is 0 Å². The van der Waals surface area contributed by atoms with Gasteiger partial charge in [-0.25, -0.2) is 9.79 Å². The average molecular weight is 370 g/mol. The number of unbranched alkanes of at least 4 members (excludes halogenated alkanes) is 15. The molecule has 0 aromatic heterocycles. The fourth-order valence-corrected chi connectivity index (χ4v) is 3.31. The lowest BCUT2D eigenvalue weighted by Crippen LogP contribution is -2.28. The van der Waals surface area contributed by atoms with E-state index in [2.05, 4.69) is 11.9 Å². The topological polar surface area (TPSA) is 102 Å². The Labute approximate surface area is 161 Å². The van der Waals surface area contributed by atoms with Gasteiger partial charge < -0.3 is 16.6 Å². The zero-order valence-electron chi connectivity index (χ0n) is 17.1. The van der Waals surface area contributed by atoms with Crippen LogP contribution in [0, 0.1) is 0 Å². The van der Waals surface area contributed by atoms with Gasteiger partial charge in [0, 0.05) is 0 Å². The molecule has 0 fully saturated rings. The summed E-state index contributed by atoms with van der Waals surface area (Å²) in [6.45, 7) is 2.27. The summed E-state index contributed by atoms with van der Waals surface area (Å²) in [6, 6.07) is -0.786. The molecule has 0 rings (SSSR count). The van der Waals surface area contributed by atoms with Crippen molar-refractivity contribution in [3.8, 4) is 0 Å². The molecule has 0 heterocycles. The zero-order valence-corrected chi connectivity index (χ0v) is 17.1. The van der Waals surface area contributed by atoms with Crippen LogP contribution in [-0.2, 0) is 4.79 Å². The van der Waals surface area contributed by atoms with E-state index in [4.69, 9.17) is 16.6 Å². The SMILES string of the molecule is CCCCCCCCCCCCCCCCCCC(N=C(N)N)C(=O)O. The first-order chi connectivity index (χ1) is 12.6. The monoisotopic (exact) mass is 369 g/mol. The standard InChI is InChI=1S/C21H43N3O2/c1-2-3-4-5-6-7-8-9-10-11-12-13-14-15-16-17-18-19(20(25)26)24-21(22)23/h19H,2-18H2,1H3,(H,25,26)(H4,22,23,24). The lowest BCUT2D eigenvalue weighted by molar-refractivity contribution is -0.138. The quantitative estimate of drug-likeness (QED) is 0.162. The Morgan fingerprint density at radius 1 is 0.731 bits per heavy atom. The Morgan fingerprint density at radius 2 is 1.08 bits per heavy atom. The summed E-state index contributed by atoms with van der Waals surface area (Å²) in [5.41, 5.74) is 10.5. The lowest BCUT2D eigenvalue weighted by Gasteiger charge is -2.07. The molecule has 0 bridgehead atoms. The van der Waals surface area contributed by atoms with Crippen LogP contribution >= 0.6 is 0 Å². The highest BCUT2D eigenvalue weighted by molar-refractivity contribution is 5.81. The van der Waals surface area contributed by atoms with Crippen molar-refractivity contribution in [1.29, 1.82) is 0 Å². The molecule has 0 spiro atoms. The van der Waals surface area contributed by atoms with Gasteiger partial charge in [0.05, 0.1) is 0 Å². The van der Waals surface area contributed by atoms with E-state index in [-0.39, 0.29) is 5.96 Å². The second kappa shape index (κ2) is 18.5. The molecule has 0 radical (unpaired) electrons. The summed E-state index contributed by atoms with van der Waals surface area (Å²) in [7, 11) is 0. The molecule has 0 aromatic carbocycles. The lowest BCUT2D eigenvalue weighted by atomic mass is 10.0. The Kier molecular flexibility index (Phi) is 17.6. The van der Waals surface area contributed by atoms with Crippen LogP contribution in [0.15, 0.2) is 4.99 Å². The molecule has 0 aromatic rings. The minimum atomic E-state index is -0.945. The third-order valence-corrected chi connectivity index (χ3v) is 4.92. The Morgan fingerprint density at radius 3 is 1.38 bits per heavy atom. The number of carbonyl (C=O) groups is 1. The smallest absolute Gasteiger partial charge is 0.328 e. The fraction of sp³-hybridized carbons (Fsp3) is 0.905. The van der Waals surface area contributed by atoms with Crippen LogP contribution in [0.1, 0.15) is 116 Å². The van der Waals surface area contributed by atoms with Gasteiger partial charge >= 0.3 is 5.97 Å². The first kappa shape index (κ1) is 24.7. The number of carboxylic acids is 1. The third-order valence-electron chi connectivity index (χ3n) is 4.92.